The summed E-state index contributed by atoms with van der Waals surface area (Å²) in [6.45, 7) is 7.01. The standard InChI is InChI=1S/C18H26N4O2.HI/c1-12(2)22-17(23)9-10-20-18(19-4)21-11-16-13(3)14-7-5-6-8-15(14)24-16;/h5-8,12H,9-11H2,1-4H3,(H,22,23)(H2,19,20,21);1H. The van der Waals surface area contributed by atoms with Crippen LogP contribution in [0, 0.1) is 6.92 Å². The summed E-state index contributed by atoms with van der Waals surface area (Å²) in [6, 6.07) is 8.14. The van der Waals surface area contributed by atoms with Gasteiger partial charge in [0.1, 0.15) is 11.3 Å². The molecule has 0 fully saturated rings. The normalized spacial score (nSPS) is 11.3. The van der Waals surface area contributed by atoms with Gasteiger partial charge in [-0.1, -0.05) is 18.2 Å². The van der Waals surface area contributed by atoms with Crippen molar-refractivity contribution < 1.29 is 9.21 Å². The number of nitrogens with one attached hydrogen (secondary N) is 3. The summed E-state index contributed by atoms with van der Waals surface area (Å²) in [5, 5.41) is 10.3. The summed E-state index contributed by atoms with van der Waals surface area (Å²) in [7, 11) is 1.70. The quantitative estimate of drug-likeness (QED) is 0.354. The maximum atomic E-state index is 11.6. The highest BCUT2D eigenvalue weighted by Crippen LogP contribution is 2.24. The number of fused-ring (bicyclic) bond motifs is 1. The molecule has 2 aromatic rings. The Morgan fingerprint density at radius 3 is 2.60 bits per heavy atom. The predicted molar refractivity (Wildman–Crippen MR) is 112 cm³/mol. The molecule has 0 atom stereocenters. The number of amides is 1. The van der Waals surface area contributed by atoms with E-state index in [1.807, 2.05) is 32.0 Å². The van der Waals surface area contributed by atoms with Gasteiger partial charge in [-0.05, 0) is 26.8 Å². The van der Waals surface area contributed by atoms with E-state index in [1.165, 1.54) is 0 Å². The van der Waals surface area contributed by atoms with Crippen LogP contribution in [0.25, 0.3) is 11.0 Å². The van der Waals surface area contributed by atoms with E-state index >= 15 is 0 Å². The molecule has 0 saturated heterocycles. The molecule has 0 aliphatic rings. The summed E-state index contributed by atoms with van der Waals surface area (Å²) in [4.78, 5) is 15.8. The van der Waals surface area contributed by atoms with Crippen LogP contribution in [0.2, 0.25) is 0 Å². The fourth-order valence-electron chi connectivity index (χ4n) is 2.47. The number of aliphatic imine (C=N–C) groups is 1. The molecular weight excluding hydrogens is 431 g/mol. The zero-order valence-electron chi connectivity index (χ0n) is 15.2. The van der Waals surface area contributed by atoms with Gasteiger partial charge >= 0.3 is 0 Å². The number of furan rings is 1. The largest absolute Gasteiger partial charge is 0.459 e. The van der Waals surface area contributed by atoms with Crippen molar-refractivity contribution in [3.05, 3.63) is 35.6 Å². The number of benzene rings is 1. The number of guanidine groups is 1. The number of hydrogen-bond acceptors (Lipinski definition) is 3. The molecule has 0 aliphatic carbocycles. The van der Waals surface area contributed by atoms with E-state index in [0.717, 1.165) is 22.3 Å². The van der Waals surface area contributed by atoms with Crippen molar-refractivity contribution in [1.29, 1.82) is 0 Å². The van der Waals surface area contributed by atoms with Crippen LogP contribution in [0.4, 0.5) is 0 Å². The van der Waals surface area contributed by atoms with Gasteiger partial charge in [-0.2, -0.15) is 0 Å². The van der Waals surface area contributed by atoms with Crippen LogP contribution < -0.4 is 16.0 Å². The number of nitrogens with zero attached hydrogens (tertiary/aromatic N) is 1. The van der Waals surface area contributed by atoms with Gasteiger partial charge in [-0.25, -0.2) is 0 Å². The van der Waals surface area contributed by atoms with Crippen molar-refractivity contribution in [2.45, 2.75) is 39.8 Å². The molecule has 0 bridgehead atoms. The first-order chi connectivity index (χ1) is 11.5. The van der Waals surface area contributed by atoms with Crippen LogP contribution in [0.3, 0.4) is 0 Å². The van der Waals surface area contributed by atoms with Crippen molar-refractivity contribution >= 4 is 46.8 Å². The molecule has 138 valence electrons. The van der Waals surface area contributed by atoms with Gasteiger partial charge in [0, 0.05) is 37.0 Å². The molecule has 0 spiro atoms. The fourth-order valence-corrected chi connectivity index (χ4v) is 2.47. The molecule has 2 rings (SSSR count). The molecule has 0 saturated carbocycles. The van der Waals surface area contributed by atoms with E-state index < -0.39 is 0 Å². The lowest BCUT2D eigenvalue weighted by Gasteiger charge is -2.12. The zero-order chi connectivity index (χ0) is 17.5. The molecule has 25 heavy (non-hydrogen) atoms. The summed E-state index contributed by atoms with van der Waals surface area (Å²) < 4.78 is 5.87. The van der Waals surface area contributed by atoms with Gasteiger partial charge in [0.2, 0.25) is 5.91 Å². The smallest absolute Gasteiger partial charge is 0.221 e. The lowest BCUT2D eigenvalue weighted by molar-refractivity contribution is -0.121. The molecule has 1 amide bonds. The molecule has 0 unspecified atom stereocenters. The maximum Gasteiger partial charge on any atom is 0.221 e. The lowest BCUT2D eigenvalue weighted by atomic mass is 10.1. The van der Waals surface area contributed by atoms with Crippen LogP contribution in [-0.2, 0) is 11.3 Å². The first-order valence-electron chi connectivity index (χ1n) is 8.22. The molecule has 0 radical (unpaired) electrons. The molecular formula is C18H27IN4O2. The monoisotopic (exact) mass is 458 g/mol. The first-order valence-corrected chi connectivity index (χ1v) is 8.22. The van der Waals surface area contributed by atoms with Crippen molar-refractivity contribution in [2.75, 3.05) is 13.6 Å². The third-order valence-corrected chi connectivity index (χ3v) is 3.68. The third kappa shape index (κ3) is 6.22. The Hall–Kier alpha value is -1.77. The summed E-state index contributed by atoms with van der Waals surface area (Å²) >= 11 is 0. The maximum absolute atomic E-state index is 11.6. The number of halogens is 1. The summed E-state index contributed by atoms with van der Waals surface area (Å²) in [5.74, 6) is 1.56. The Bertz CT molecular complexity index is 725. The Balaban J connectivity index is 0.00000312. The molecule has 0 aliphatic heterocycles. The van der Waals surface area contributed by atoms with Crippen molar-refractivity contribution in [3.8, 4) is 0 Å². The van der Waals surface area contributed by atoms with Gasteiger partial charge in [0.15, 0.2) is 5.96 Å². The zero-order valence-corrected chi connectivity index (χ0v) is 17.5. The van der Waals surface area contributed by atoms with E-state index in [4.69, 9.17) is 4.42 Å². The first kappa shape index (κ1) is 21.3. The number of para-hydroxylation sites is 1. The number of hydrogen-bond donors (Lipinski definition) is 3. The second-order valence-corrected chi connectivity index (χ2v) is 5.97. The Labute approximate surface area is 165 Å². The van der Waals surface area contributed by atoms with Crippen LogP contribution in [0.5, 0.6) is 0 Å². The topological polar surface area (TPSA) is 78.7 Å². The van der Waals surface area contributed by atoms with Crippen LogP contribution in [0.15, 0.2) is 33.7 Å². The minimum absolute atomic E-state index is 0. The Morgan fingerprint density at radius 1 is 1.24 bits per heavy atom. The van der Waals surface area contributed by atoms with Crippen molar-refractivity contribution in [2.24, 2.45) is 4.99 Å². The molecule has 1 heterocycles. The van der Waals surface area contributed by atoms with Gasteiger partial charge in [0.05, 0.1) is 6.54 Å². The second kappa shape index (κ2) is 10.3. The van der Waals surface area contributed by atoms with Crippen LogP contribution in [-0.4, -0.2) is 31.5 Å². The van der Waals surface area contributed by atoms with E-state index in [1.54, 1.807) is 7.05 Å². The van der Waals surface area contributed by atoms with E-state index in [2.05, 4.69) is 33.9 Å². The minimum Gasteiger partial charge on any atom is -0.459 e. The number of carbonyl (C=O) groups excluding carboxylic acids is 1. The molecule has 3 N–H and O–H groups in total. The molecule has 6 nitrogen and oxygen atoms in total. The predicted octanol–water partition coefficient (Wildman–Crippen LogP) is 2.94. The molecule has 1 aromatic heterocycles. The average Bonchev–Trinajstić information content (AvgIpc) is 2.86. The number of aryl methyl sites for hydroxylation is 1. The van der Waals surface area contributed by atoms with Crippen LogP contribution in [0.1, 0.15) is 31.6 Å². The lowest BCUT2D eigenvalue weighted by Crippen LogP contribution is -2.39. The van der Waals surface area contributed by atoms with Gasteiger partial charge in [-0.3, -0.25) is 9.79 Å². The highest BCUT2D eigenvalue weighted by molar-refractivity contribution is 14.0. The number of rotatable bonds is 6. The van der Waals surface area contributed by atoms with Crippen molar-refractivity contribution in [1.82, 2.24) is 16.0 Å². The van der Waals surface area contributed by atoms with Crippen molar-refractivity contribution in [3.63, 3.8) is 0 Å². The van der Waals surface area contributed by atoms with Gasteiger partial charge in [-0.15, -0.1) is 24.0 Å². The number of carbonyl (C=O) groups is 1. The molecule has 7 heteroatoms. The average molecular weight is 458 g/mol. The molecule has 1 aromatic carbocycles. The Kier molecular flexibility index (Phi) is 8.74. The fraction of sp³-hybridized carbons (Fsp3) is 0.444. The van der Waals surface area contributed by atoms with Crippen LogP contribution >= 0.6 is 24.0 Å². The minimum atomic E-state index is 0. The van der Waals surface area contributed by atoms with Gasteiger partial charge in [0.25, 0.3) is 0 Å². The SMILES string of the molecule is CN=C(NCCC(=O)NC(C)C)NCc1oc2ccccc2c1C.I. The summed E-state index contributed by atoms with van der Waals surface area (Å²) in [6.07, 6.45) is 0.405. The van der Waals surface area contributed by atoms with E-state index in [9.17, 15) is 4.79 Å². The highest BCUT2D eigenvalue weighted by atomic mass is 127. The van der Waals surface area contributed by atoms with E-state index in [0.29, 0.717) is 25.5 Å². The summed E-state index contributed by atoms with van der Waals surface area (Å²) in [5.41, 5.74) is 2.02. The van der Waals surface area contributed by atoms with Gasteiger partial charge < -0.3 is 20.4 Å². The third-order valence-electron chi connectivity index (χ3n) is 3.68. The Morgan fingerprint density at radius 2 is 1.96 bits per heavy atom. The highest BCUT2D eigenvalue weighted by Gasteiger charge is 2.10. The van der Waals surface area contributed by atoms with E-state index in [-0.39, 0.29) is 35.9 Å². The second-order valence-electron chi connectivity index (χ2n) is 5.97.